The van der Waals surface area contributed by atoms with Crippen LogP contribution in [0.5, 0.6) is 0 Å². The van der Waals surface area contributed by atoms with Gasteiger partial charge >= 0.3 is 0 Å². The van der Waals surface area contributed by atoms with E-state index in [1.54, 1.807) is 7.11 Å². The fraction of sp³-hybridized carbons (Fsp3) is 0.214. The number of hydrogen-bond acceptors (Lipinski definition) is 2. The molecule has 0 unspecified atom stereocenters. The minimum atomic E-state index is 0.651. The lowest BCUT2D eigenvalue weighted by Gasteiger charge is -2.01. The van der Waals surface area contributed by atoms with Crippen LogP contribution in [0, 0.1) is 12.3 Å². The molecule has 0 saturated carbocycles. The van der Waals surface area contributed by atoms with Crippen molar-refractivity contribution in [3.8, 4) is 23.5 Å². The Morgan fingerprint density at radius 1 is 1.41 bits per heavy atom. The summed E-state index contributed by atoms with van der Waals surface area (Å²) in [5, 5.41) is 4.27. The summed E-state index contributed by atoms with van der Waals surface area (Å²) in [6, 6.07) is 7.85. The number of hydrogen-bond donors (Lipinski definition) is 0. The fourth-order valence-corrected chi connectivity index (χ4v) is 1.67. The summed E-state index contributed by atoms with van der Waals surface area (Å²) in [4.78, 5) is 0. The second-order valence-electron chi connectivity index (χ2n) is 3.67. The molecule has 0 aliphatic heterocycles. The zero-order valence-corrected chi connectivity index (χ0v) is 9.76. The van der Waals surface area contributed by atoms with Crippen molar-refractivity contribution in [3.63, 3.8) is 0 Å². The molecular weight excluding hydrogens is 212 g/mol. The van der Waals surface area contributed by atoms with Crippen LogP contribution in [0.2, 0.25) is 0 Å². The van der Waals surface area contributed by atoms with E-state index in [1.165, 1.54) is 0 Å². The van der Waals surface area contributed by atoms with Crippen molar-refractivity contribution >= 4 is 0 Å². The van der Waals surface area contributed by atoms with E-state index in [4.69, 9.17) is 11.2 Å². The highest BCUT2D eigenvalue weighted by Crippen LogP contribution is 2.22. The number of aromatic nitrogens is 2. The number of nitrogens with zero attached hydrogens (tertiary/aromatic N) is 2. The lowest BCUT2D eigenvalue weighted by Crippen LogP contribution is -2.03. The summed E-state index contributed by atoms with van der Waals surface area (Å²) >= 11 is 0. The van der Waals surface area contributed by atoms with Gasteiger partial charge in [-0.05, 0) is 6.07 Å². The second kappa shape index (κ2) is 5.33. The number of methoxy groups -OCH3 is 1. The molecule has 1 heterocycles. The molecule has 0 fully saturated rings. The largest absolute Gasteiger partial charge is 0.383 e. The average Bonchev–Trinajstić information content (AvgIpc) is 2.85. The fourth-order valence-electron chi connectivity index (χ4n) is 1.67. The van der Waals surface area contributed by atoms with Crippen molar-refractivity contribution in [3.05, 3.63) is 42.2 Å². The normalized spacial score (nSPS) is 10.1. The Balaban J connectivity index is 2.28. The SMILES string of the molecule is C#Cc1ccccc1-c1cnn(CCOC)c1. The van der Waals surface area contributed by atoms with Crippen molar-refractivity contribution < 1.29 is 4.74 Å². The molecule has 0 spiro atoms. The van der Waals surface area contributed by atoms with Crippen LogP contribution in [-0.4, -0.2) is 23.5 Å². The molecule has 3 heteroatoms. The Morgan fingerprint density at radius 2 is 2.24 bits per heavy atom. The highest BCUT2D eigenvalue weighted by Gasteiger charge is 2.05. The molecule has 2 rings (SSSR count). The molecule has 0 saturated heterocycles. The average molecular weight is 226 g/mol. The molecular formula is C14H14N2O. The Kier molecular flexibility index (Phi) is 3.59. The van der Waals surface area contributed by atoms with Crippen molar-refractivity contribution in [2.45, 2.75) is 6.54 Å². The van der Waals surface area contributed by atoms with E-state index >= 15 is 0 Å². The summed E-state index contributed by atoms with van der Waals surface area (Å²) < 4.78 is 6.87. The number of ether oxygens (including phenoxy) is 1. The second-order valence-corrected chi connectivity index (χ2v) is 3.67. The van der Waals surface area contributed by atoms with Crippen LogP contribution < -0.4 is 0 Å². The van der Waals surface area contributed by atoms with Gasteiger partial charge < -0.3 is 4.74 Å². The van der Waals surface area contributed by atoms with Gasteiger partial charge in [0, 0.05) is 30.0 Å². The van der Waals surface area contributed by atoms with Crippen LogP contribution in [0.3, 0.4) is 0 Å². The van der Waals surface area contributed by atoms with Crippen molar-refractivity contribution in [1.82, 2.24) is 9.78 Å². The minimum Gasteiger partial charge on any atom is -0.383 e. The quantitative estimate of drug-likeness (QED) is 0.747. The molecule has 86 valence electrons. The minimum absolute atomic E-state index is 0.651. The molecule has 0 amide bonds. The van der Waals surface area contributed by atoms with Gasteiger partial charge in [0.15, 0.2) is 0 Å². The molecule has 0 atom stereocenters. The molecule has 1 aromatic carbocycles. The Bertz CT molecular complexity index is 537. The van der Waals surface area contributed by atoms with Crippen LogP contribution in [0.4, 0.5) is 0 Å². The van der Waals surface area contributed by atoms with Crippen molar-refractivity contribution in [2.75, 3.05) is 13.7 Å². The first-order valence-electron chi connectivity index (χ1n) is 5.42. The molecule has 0 bridgehead atoms. The molecule has 1 aromatic heterocycles. The molecule has 3 nitrogen and oxygen atoms in total. The van der Waals surface area contributed by atoms with Gasteiger partial charge in [-0.1, -0.05) is 24.1 Å². The van der Waals surface area contributed by atoms with E-state index in [0.29, 0.717) is 6.61 Å². The van der Waals surface area contributed by atoms with Crippen LogP contribution in [-0.2, 0) is 11.3 Å². The van der Waals surface area contributed by atoms with Gasteiger partial charge in [0.25, 0.3) is 0 Å². The maximum Gasteiger partial charge on any atom is 0.0658 e. The van der Waals surface area contributed by atoms with E-state index in [9.17, 15) is 0 Å². The molecule has 0 N–H and O–H groups in total. The molecule has 0 aliphatic carbocycles. The maximum atomic E-state index is 5.48. The van der Waals surface area contributed by atoms with Gasteiger partial charge in [0.05, 0.1) is 19.3 Å². The molecule has 17 heavy (non-hydrogen) atoms. The van der Waals surface area contributed by atoms with Crippen LogP contribution in [0.15, 0.2) is 36.7 Å². The lowest BCUT2D eigenvalue weighted by molar-refractivity contribution is 0.183. The summed E-state index contributed by atoms with van der Waals surface area (Å²) in [6.07, 6.45) is 9.28. The van der Waals surface area contributed by atoms with Gasteiger partial charge in [-0.2, -0.15) is 5.10 Å². The predicted molar refractivity (Wildman–Crippen MR) is 67.5 cm³/mol. The van der Waals surface area contributed by atoms with Crippen molar-refractivity contribution in [1.29, 1.82) is 0 Å². The highest BCUT2D eigenvalue weighted by molar-refractivity contribution is 5.69. The third kappa shape index (κ3) is 2.55. The maximum absolute atomic E-state index is 5.48. The number of benzene rings is 1. The van der Waals surface area contributed by atoms with Gasteiger partial charge in [-0.15, -0.1) is 6.42 Å². The predicted octanol–water partition coefficient (Wildman–Crippen LogP) is 2.18. The van der Waals surface area contributed by atoms with Crippen LogP contribution >= 0.6 is 0 Å². The van der Waals surface area contributed by atoms with Crippen molar-refractivity contribution in [2.24, 2.45) is 0 Å². The zero-order valence-electron chi connectivity index (χ0n) is 9.76. The van der Waals surface area contributed by atoms with Gasteiger partial charge in [0.2, 0.25) is 0 Å². The van der Waals surface area contributed by atoms with Crippen LogP contribution in [0.1, 0.15) is 5.56 Å². The van der Waals surface area contributed by atoms with E-state index in [-0.39, 0.29) is 0 Å². The summed E-state index contributed by atoms with van der Waals surface area (Å²) in [6.45, 7) is 1.40. The first-order chi connectivity index (χ1) is 8.35. The monoisotopic (exact) mass is 226 g/mol. The van der Waals surface area contributed by atoms with E-state index in [1.807, 2.05) is 41.3 Å². The molecule has 0 aliphatic rings. The van der Waals surface area contributed by atoms with Gasteiger partial charge in [-0.25, -0.2) is 0 Å². The van der Waals surface area contributed by atoms with Crippen LogP contribution in [0.25, 0.3) is 11.1 Å². The number of terminal acetylenes is 1. The Hall–Kier alpha value is -2.05. The van der Waals surface area contributed by atoms with E-state index < -0.39 is 0 Å². The Labute approximate surface area is 101 Å². The zero-order chi connectivity index (χ0) is 12.1. The van der Waals surface area contributed by atoms with Gasteiger partial charge in [0.1, 0.15) is 0 Å². The lowest BCUT2D eigenvalue weighted by atomic mass is 10.0. The third-order valence-corrected chi connectivity index (χ3v) is 2.55. The van der Waals surface area contributed by atoms with Gasteiger partial charge in [-0.3, -0.25) is 4.68 Å². The first kappa shape index (κ1) is 11.4. The summed E-state index contributed by atoms with van der Waals surface area (Å²) in [7, 11) is 1.68. The molecule has 2 aromatic rings. The van der Waals surface area contributed by atoms with E-state index in [0.717, 1.165) is 23.2 Å². The highest BCUT2D eigenvalue weighted by atomic mass is 16.5. The smallest absolute Gasteiger partial charge is 0.0658 e. The summed E-state index contributed by atoms with van der Waals surface area (Å²) in [5.74, 6) is 2.68. The Morgan fingerprint density at radius 3 is 3.00 bits per heavy atom. The standard InChI is InChI=1S/C14H14N2O/c1-3-12-6-4-5-7-14(12)13-10-15-16(11-13)8-9-17-2/h1,4-7,10-11H,8-9H2,2H3. The topological polar surface area (TPSA) is 27.1 Å². The van der Waals surface area contributed by atoms with E-state index in [2.05, 4.69) is 11.0 Å². The summed E-state index contributed by atoms with van der Waals surface area (Å²) in [5.41, 5.74) is 2.96. The number of rotatable bonds is 4. The molecule has 0 radical (unpaired) electrons. The third-order valence-electron chi connectivity index (χ3n) is 2.55. The first-order valence-corrected chi connectivity index (χ1v) is 5.42.